The number of fused-ring (bicyclic) bond motifs is 1. The second-order valence-corrected chi connectivity index (χ2v) is 4.53. The first-order chi connectivity index (χ1) is 7.58. The third-order valence-electron chi connectivity index (χ3n) is 2.44. The zero-order valence-electron chi connectivity index (χ0n) is 8.43. The van der Waals surface area contributed by atoms with Crippen LogP contribution in [-0.4, -0.2) is 21.7 Å². The first kappa shape index (κ1) is 11.2. The minimum Gasteiger partial charge on any atom is -0.480 e. The fraction of sp³-hybridized carbons (Fsp3) is 0.182. The number of halogens is 1. The van der Waals surface area contributed by atoms with Gasteiger partial charge in [0.1, 0.15) is 6.04 Å². The maximum absolute atomic E-state index is 10.7. The number of hydrogen-bond acceptors (Lipinski definition) is 2. The van der Waals surface area contributed by atoms with Gasteiger partial charge in [-0.05, 0) is 24.3 Å². The highest BCUT2D eigenvalue weighted by Crippen LogP contribution is 2.20. The van der Waals surface area contributed by atoms with Crippen LogP contribution in [-0.2, 0) is 11.3 Å². The third-order valence-corrected chi connectivity index (χ3v) is 2.94. The van der Waals surface area contributed by atoms with Crippen LogP contribution < -0.4 is 5.73 Å². The molecule has 0 radical (unpaired) electrons. The zero-order valence-corrected chi connectivity index (χ0v) is 10.0. The van der Waals surface area contributed by atoms with Crippen molar-refractivity contribution in [3.8, 4) is 0 Å². The van der Waals surface area contributed by atoms with Crippen molar-refractivity contribution in [2.24, 2.45) is 5.73 Å². The van der Waals surface area contributed by atoms with Gasteiger partial charge in [0.25, 0.3) is 0 Å². The molecule has 0 aliphatic rings. The summed E-state index contributed by atoms with van der Waals surface area (Å²) < 4.78 is 2.85. The molecule has 3 N–H and O–H groups in total. The van der Waals surface area contributed by atoms with Crippen molar-refractivity contribution >= 4 is 32.8 Å². The van der Waals surface area contributed by atoms with Crippen LogP contribution in [0.25, 0.3) is 10.9 Å². The maximum Gasteiger partial charge on any atom is 0.322 e. The summed E-state index contributed by atoms with van der Waals surface area (Å²) in [6.45, 7) is 0.278. The van der Waals surface area contributed by atoms with Crippen molar-refractivity contribution in [2.75, 3.05) is 0 Å². The van der Waals surface area contributed by atoms with Gasteiger partial charge in [0.05, 0.1) is 0 Å². The van der Waals surface area contributed by atoms with Gasteiger partial charge < -0.3 is 15.4 Å². The molecule has 0 amide bonds. The molecule has 16 heavy (non-hydrogen) atoms. The van der Waals surface area contributed by atoms with Gasteiger partial charge in [0.2, 0.25) is 0 Å². The van der Waals surface area contributed by atoms with Crippen molar-refractivity contribution in [2.45, 2.75) is 12.6 Å². The number of benzene rings is 1. The van der Waals surface area contributed by atoms with Crippen molar-refractivity contribution in [3.05, 3.63) is 34.9 Å². The summed E-state index contributed by atoms with van der Waals surface area (Å²) in [7, 11) is 0. The van der Waals surface area contributed by atoms with E-state index in [2.05, 4.69) is 15.9 Å². The van der Waals surface area contributed by atoms with Crippen molar-refractivity contribution in [3.63, 3.8) is 0 Å². The van der Waals surface area contributed by atoms with E-state index < -0.39 is 12.0 Å². The van der Waals surface area contributed by atoms with Crippen LogP contribution in [0.15, 0.2) is 34.9 Å². The van der Waals surface area contributed by atoms with E-state index in [-0.39, 0.29) is 6.54 Å². The van der Waals surface area contributed by atoms with E-state index in [0.717, 1.165) is 15.4 Å². The first-order valence-corrected chi connectivity index (χ1v) is 5.60. The second-order valence-electron chi connectivity index (χ2n) is 3.62. The second kappa shape index (κ2) is 4.27. The highest BCUT2D eigenvalue weighted by atomic mass is 79.9. The smallest absolute Gasteiger partial charge is 0.322 e. The van der Waals surface area contributed by atoms with E-state index in [4.69, 9.17) is 10.8 Å². The number of nitrogens with zero attached hydrogens (tertiary/aromatic N) is 1. The predicted octanol–water partition coefficient (Wildman–Crippen LogP) is 1.82. The Morgan fingerprint density at radius 1 is 1.50 bits per heavy atom. The predicted molar refractivity (Wildman–Crippen MR) is 65.2 cm³/mol. The lowest BCUT2D eigenvalue weighted by molar-refractivity contribution is -0.138. The average Bonchev–Trinajstić information content (AvgIpc) is 2.60. The van der Waals surface area contributed by atoms with Crippen molar-refractivity contribution in [1.29, 1.82) is 0 Å². The molecule has 0 fully saturated rings. The normalized spacial score (nSPS) is 12.9. The molecule has 1 heterocycles. The number of hydrogen-bond donors (Lipinski definition) is 2. The number of carbonyl (C=O) groups is 1. The van der Waals surface area contributed by atoms with Crippen LogP contribution >= 0.6 is 15.9 Å². The maximum atomic E-state index is 10.7. The van der Waals surface area contributed by atoms with Crippen molar-refractivity contribution < 1.29 is 9.90 Å². The fourth-order valence-corrected chi connectivity index (χ4v) is 2.00. The van der Waals surface area contributed by atoms with Gasteiger partial charge >= 0.3 is 5.97 Å². The first-order valence-electron chi connectivity index (χ1n) is 4.81. The van der Waals surface area contributed by atoms with E-state index in [1.54, 1.807) is 0 Å². The lowest BCUT2D eigenvalue weighted by Gasteiger charge is -2.09. The SMILES string of the molecule is N[C@@H](Cn1ccc2cc(Br)ccc21)C(=O)O. The highest BCUT2D eigenvalue weighted by Gasteiger charge is 2.13. The molecule has 1 aromatic carbocycles. The van der Waals surface area contributed by atoms with Gasteiger partial charge in [0, 0.05) is 28.1 Å². The van der Waals surface area contributed by atoms with Crippen LogP contribution in [0.4, 0.5) is 0 Å². The number of aliphatic carboxylic acids is 1. The van der Waals surface area contributed by atoms with Crippen LogP contribution in [0.2, 0.25) is 0 Å². The summed E-state index contributed by atoms with van der Waals surface area (Å²) in [5, 5.41) is 9.81. The highest BCUT2D eigenvalue weighted by molar-refractivity contribution is 9.10. The van der Waals surface area contributed by atoms with E-state index in [0.29, 0.717) is 0 Å². The quantitative estimate of drug-likeness (QED) is 0.902. The molecule has 0 saturated heterocycles. The Morgan fingerprint density at radius 3 is 2.94 bits per heavy atom. The van der Waals surface area contributed by atoms with E-state index in [1.807, 2.05) is 35.0 Å². The number of rotatable bonds is 3. The lowest BCUT2D eigenvalue weighted by atomic mass is 10.2. The standard InChI is InChI=1S/C11H11BrN2O2/c12-8-1-2-10-7(5-8)3-4-14(10)6-9(13)11(15)16/h1-5,9H,6,13H2,(H,15,16)/t9-/m0/s1. The van der Waals surface area contributed by atoms with Crippen LogP contribution in [0.3, 0.4) is 0 Å². The summed E-state index contributed by atoms with van der Waals surface area (Å²) >= 11 is 3.39. The summed E-state index contributed by atoms with van der Waals surface area (Å²) in [6.07, 6.45) is 1.85. The number of carboxylic acid groups (broad SMARTS) is 1. The van der Waals surface area contributed by atoms with E-state index in [1.165, 1.54) is 0 Å². The summed E-state index contributed by atoms with van der Waals surface area (Å²) in [5.41, 5.74) is 6.49. The lowest BCUT2D eigenvalue weighted by Crippen LogP contribution is -2.34. The summed E-state index contributed by atoms with van der Waals surface area (Å²) in [5.74, 6) is -0.987. The van der Waals surface area contributed by atoms with Gasteiger partial charge in [-0.1, -0.05) is 15.9 Å². The zero-order chi connectivity index (χ0) is 11.7. The summed E-state index contributed by atoms with van der Waals surface area (Å²) in [6, 6.07) is 6.91. The van der Waals surface area contributed by atoms with Crippen LogP contribution in [0.1, 0.15) is 0 Å². The van der Waals surface area contributed by atoms with E-state index >= 15 is 0 Å². The number of carboxylic acids is 1. The topological polar surface area (TPSA) is 68.2 Å². The minimum absolute atomic E-state index is 0.278. The molecule has 0 spiro atoms. The van der Waals surface area contributed by atoms with Gasteiger partial charge in [-0.25, -0.2) is 0 Å². The van der Waals surface area contributed by atoms with Gasteiger partial charge in [-0.3, -0.25) is 4.79 Å². The van der Waals surface area contributed by atoms with Crippen LogP contribution in [0.5, 0.6) is 0 Å². The van der Waals surface area contributed by atoms with Gasteiger partial charge in [-0.2, -0.15) is 0 Å². The molecule has 2 rings (SSSR count). The molecular formula is C11H11BrN2O2. The Hall–Kier alpha value is -1.33. The molecule has 0 bridgehead atoms. The Labute approximate surface area is 101 Å². The Morgan fingerprint density at radius 2 is 2.25 bits per heavy atom. The van der Waals surface area contributed by atoms with E-state index in [9.17, 15) is 4.79 Å². The van der Waals surface area contributed by atoms with Crippen LogP contribution in [0, 0.1) is 0 Å². The average molecular weight is 283 g/mol. The molecule has 1 atom stereocenters. The molecule has 84 valence electrons. The summed E-state index contributed by atoms with van der Waals surface area (Å²) in [4.78, 5) is 10.7. The van der Waals surface area contributed by atoms with Gasteiger partial charge in [0.15, 0.2) is 0 Å². The largest absolute Gasteiger partial charge is 0.480 e. The van der Waals surface area contributed by atoms with Crippen molar-refractivity contribution in [1.82, 2.24) is 4.57 Å². The molecule has 1 aromatic heterocycles. The molecule has 0 aliphatic heterocycles. The molecule has 0 aliphatic carbocycles. The molecule has 4 nitrogen and oxygen atoms in total. The number of nitrogens with two attached hydrogens (primary N) is 1. The van der Waals surface area contributed by atoms with Gasteiger partial charge in [-0.15, -0.1) is 0 Å². The Bertz CT molecular complexity index is 536. The Balaban J connectivity index is 2.35. The molecule has 0 unspecified atom stereocenters. The minimum atomic E-state index is -0.987. The molecular weight excluding hydrogens is 272 g/mol. The monoisotopic (exact) mass is 282 g/mol. The molecule has 5 heteroatoms. The Kier molecular flexibility index (Phi) is 2.98. The number of aromatic nitrogens is 1. The third kappa shape index (κ3) is 2.10. The molecule has 0 saturated carbocycles. The molecule has 2 aromatic rings. The fourth-order valence-electron chi connectivity index (χ4n) is 1.62.